The smallest absolute Gasteiger partial charge is 0.274 e. The summed E-state index contributed by atoms with van der Waals surface area (Å²) in [7, 11) is 1.54. The maximum Gasteiger partial charge on any atom is 0.274 e. The summed E-state index contributed by atoms with van der Waals surface area (Å²) < 4.78 is 11.8. The molecule has 0 unspecified atom stereocenters. The van der Waals surface area contributed by atoms with Crippen molar-refractivity contribution < 1.29 is 14.3 Å². The molecule has 3 aromatic rings. The maximum absolute atomic E-state index is 12.6. The molecule has 132 valence electrons. The predicted molar refractivity (Wildman–Crippen MR) is 95.6 cm³/mol. The van der Waals surface area contributed by atoms with Gasteiger partial charge in [-0.3, -0.25) is 9.59 Å². The minimum absolute atomic E-state index is 0.225. The molecule has 7 heteroatoms. The first-order valence-corrected chi connectivity index (χ1v) is 8.26. The molecule has 2 aromatic carbocycles. The van der Waals surface area contributed by atoms with E-state index in [4.69, 9.17) is 9.47 Å². The van der Waals surface area contributed by atoms with Gasteiger partial charge in [0.1, 0.15) is 0 Å². The second-order valence-electron chi connectivity index (χ2n) is 6.02. The Kier molecular flexibility index (Phi) is 4.04. The molecule has 1 aliphatic heterocycles. The molecule has 0 radical (unpaired) electrons. The maximum atomic E-state index is 12.6. The van der Waals surface area contributed by atoms with E-state index in [0.717, 1.165) is 17.1 Å². The van der Waals surface area contributed by atoms with Crippen molar-refractivity contribution in [1.29, 1.82) is 0 Å². The molecule has 0 atom stereocenters. The fourth-order valence-corrected chi connectivity index (χ4v) is 2.97. The summed E-state index contributed by atoms with van der Waals surface area (Å²) in [6.45, 7) is 0.679. The van der Waals surface area contributed by atoms with Crippen LogP contribution in [0.15, 0.2) is 47.3 Å². The van der Waals surface area contributed by atoms with Gasteiger partial charge in [0, 0.05) is 19.0 Å². The van der Waals surface area contributed by atoms with Crippen LogP contribution in [0.2, 0.25) is 0 Å². The van der Waals surface area contributed by atoms with Crippen LogP contribution in [0.3, 0.4) is 0 Å². The highest BCUT2D eigenvalue weighted by atomic mass is 16.7. The van der Waals surface area contributed by atoms with Crippen molar-refractivity contribution in [2.75, 3.05) is 13.3 Å². The SMILES string of the molecule is Cn1nc(C(=O)NCCc2ccc3c(c2)OCO3)c2ccccc2c1=O. The van der Waals surface area contributed by atoms with Gasteiger partial charge in [-0.25, -0.2) is 4.68 Å². The lowest BCUT2D eigenvalue weighted by Crippen LogP contribution is -2.30. The normalized spacial score (nSPS) is 12.3. The fourth-order valence-electron chi connectivity index (χ4n) is 2.97. The number of aryl methyl sites for hydroxylation is 1. The van der Waals surface area contributed by atoms with E-state index in [0.29, 0.717) is 23.7 Å². The zero-order chi connectivity index (χ0) is 18.1. The third kappa shape index (κ3) is 2.88. The van der Waals surface area contributed by atoms with Crippen LogP contribution in [-0.4, -0.2) is 29.0 Å². The number of amides is 1. The van der Waals surface area contributed by atoms with Gasteiger partial charge in [0.15, 0.2) is 17.2 Å². The number of carbonyl (C=O) groups is 1. The van der Waals surface area contributed by atoms with Gasteiger partial charge in [-0.2, -0.15) is 5.10 Å². The summed E-state index contributed by atoms with van der Waals surface area (Å²) >= 11 is 0. The molecule has 1 aromatic heterocycles. The molecule has 26 heavy (non-hydrogen) atoms. The van der Waals surface area contributed by atoms with E-state index in [1.165, 1.54) is 11.7 Å². The van der Waals surface area contributed by atoms with Crippen LogP contribution in [0.25, 0.3) is 10.8 Å². The van der Waals surface area contributed by atoms with Crippen LogP contribution in [0.4, 0.5) is 0 Å². The minimum Gasteiger partial charge on any atom is -0.454 e. The first-order valence-electron chi connectivity index (χ1n) is 8.26. The predicted octanol–water partition coefficient (Wildman–Crippen LogP) is 1.63. The first kappa shape index (κ1) is 16.1. The van der Waals surface area contributed by atoms with E-state index in [9.17, 15) is 9.59 Å². The van der Waals surface area contributed by atoms with E-state index in [-0.39, 0.29) is 24.0 Å². The Hall–Kier alpha value is -3.35. The van der Waals surface area contributed by atoms with E-state index in [1.807, 2.05) is 18.2 Å². The van der Waals surface area contributed by atoms with Crippen LogP contribution in [0, 0.1) is 0 Å². The zero-order valence-electron chi connectivity index (χ0n) is 14.2. The van der Waals surface area contributed by atoms with E-state index >= 15 is 0 Å². The Morgan fingerprint density at radius 3 is 2.77 bits per heavy atom. The number of nitrogens with one attached hydrogen (secondary N) is 1. The number of rotatable bonds is 4. The highest BCUT2D eigenvalue weighted by molar-refractivity contribution is 6.04. The third-order valence-electron chi connectivity index (χ3n) is 4.31. The van der Waals surface area contributed by atoms with E-state index < -0.39 is 0 Å². The van der Waals surface area contributed by atoms with Gasteiger partial charge in [-0.15, -0.1) is 0 Å². The van der Waals surface area contributed by atoms with Crippen LogP contribution >= 0.6 is 0 Å². The average Bonchev–Trinajstić information content (AvgIpc) is 3.12. The molecule has 0 aliphatic carbocycles. The summed E-state index contributed by atoms with van der Waals surface area (Å²) in [4.78, 5) is 24.7. The zero-order valence-corrected chi connectivity index (χ0v) is 14.2. The number of aromatic nitrogens is 2. The lowest BCUT2D eigenvalue weighted by atomic mass is 10.1. The molecule has 0 fully saturated rings. The van der Waals surface area contributed by atoms with Crippen molar-refractivity contribution >= 4 is 16.7 Å². The lowest BCUT2D eigenvalue weighted by molar-refractivity contribution is 0.0949. The summed E-state index contributed by atoms with van der Waals surface area (Å²) in [5.41, 5.74) is 1.05. The number of carbonyl (C=O) groups excluding carboxylic acids is 1. The Labute approximate surface area is 149 Å². The summed E-state index contributed by atoms with van der Waals surface area (Å²) in [5, 5.41) is 8.02. The molecule has 1 aliphatic rings. The van der Waals surface area contributed by atoms with Gasteiger partial charge in [0.05, 0.1) is 5.39 Å². The molecule has 0 bridgehead atoms. The van der Waals surface area contributed by atoms with Crippen molar-refractivity contribution in [2.45, 2.75) is 6.42 Å². The highest BCUT2D eigenvalue weighted by Gasteiger charge is 2.16. The fraction of sp³-hybridized carbons (Fsp3) is 0.211. The van der Waals surface area contributed by atoms with Crippen LogP contribution in [0.5, 0.6) is 11.5 Å². The first-order chi connectivity index (χ1) is 12.6. The van der Waals surface area contributed by atoms with E-state index in [2.05, 4.69) is 10.4 Å². The monoisotopic (exact) mass is 351 g/mol. The molecule has 0 saturated carbocycles. The molecule has 1 N–H and O–H groups in total. The molecule has 0 saturated heterocycles. The van der Waals surface area contributed by atoms with Gasteiger partial charge >= 0.3 is 0 Å². The van der Waals surface area contributed by atoms with Crippen molar-refractivity contribution in [3.63, 3.8) is 0 Å². The molecule has 7 nitrogen and oxygen atoms in total. The second-order valence-corrected chi connectivity index (χ2v) is 6.02. The Morgan fingerprint density at radius 2 is 1.92 bits per heavy atom. The standard InChI is InChI=1S/C19H17N3O4/c1-22-19(24)14-5-3-2-4-13(14)17(21-22)18(23)20-9-8-12-6-7-15-16(10-12)26-11-25-15/h2-7,10H,8-9,11H2,1H3,(H,20,23). The largest absolute Gasteiger partial charge is 0.454 e. The summed E-state index contributed by atoms with van der Waals surface area (Å²) in [6.07, 6.45) is 0.645. The highest BCUT2D eigenvalue weighted by Crippen LogP contribution is 2.32. The molecular formula is C19H17N3O4. The molecule has 2 heterocycles. The molecule has 0 spiro atoms. The Balaban J connectivity index is 1.50. The lowest BCUT2D eigenvalue weighted by Gasteiger charge is -2.09. The minimum atomic E-state index is -0.308. The van der Waals surface area contributed by atoms with Crippen molar-refractivity contribution in [2.24, 2.45) is 7.05 Å². The Bertz CT molecular complexity index is 1060. The topological polar surface area (TPSA) is 82.5 Å². The van der Waals surface area contributed by atoms with Crippen LogP contribution in [-0.2, 0) is 13.5 Å². The molecular weight excluding hydrogens is 334 g/mol. The van der Waals surface area contributed by atoms with Crippen molar-refractivity contribution in [3.05, 3.63) is 64.1 Å². The van der Waals surface area contributed by atoms with Gasteiger partial charge in [0.25, 0.3) is 11.5 Å². The number of fused-ring (bicyclic) bond motifs is 2. The molecule has 1 amide bonds. The number of nitrogens with zero attached hydrogens (tertiary/aromatic N) is 2. The van der Waals surface area contributed by atoms with Crippen molar-refractivity contribution in [1.82, 2.24) is 15.1 Å². The van der Waals surface area contributed by atoms with Gasteiger partial charge in [-0.1, -0.05) is 24.3 Å². The van der Waals surface area contributed by atoms with Gasteiger partial charge in [0.2, 0.25) is 6.79 Å². The van der Waals surface area contributed by atoms with Gasteiger partial charge in [-0.05, 0) is 30.2 Å². The molecule has 4 rings (SSSR count). The number of benzene rings is 2. The van der Waals surface area contributed by atoms with Crippen LogP contribution < -0.4 is 20.3 Å². The quantitative estimate of drug-likeness (QED) is 0.773. The Morgan fingerprint density at radius 1 is 1.15 bits per heavy atom. The summed E-state index contributed by atoms with van der Waals surface area (Å²) in [6, 6.07) is 12.7. The van der Waals surface area contributed by atoms with E-state index in [1.54, 1.807) is 24.3 Å². The van der Waals surface area contributed by atoms with Gasteiger partial charge < -0.3 is 14.8 Å². The number of hydrogen-bond donors (Lipinski definition) is 1. The number of ether oxygens (including phenoxy) is 2. The van der Waals surface area contributed by atoms with Crippen molar-refractivity contribution in [3.8, 4) is 11.5 Å². The average molecular weight is 351 g/mol. The summed E-state index contributed by atoms with van der Waals surface area (Å²) in [5.74, 6) is 1.15. The number of hydrogen-bond acceptors (Lipinski definition) is 5. The van der Waals surface area contributed by atoms with Crippen LogP contribution in [0.1, 0.15) is 16.1 Å². The third-order valence-corrected chi connectivity index (χ3v) is 4.31. The second kappa shape index (κ2) is 6.51.